The van der Waals surface area contributed by atoms with Crippen molar-refractivity contribution in [2.75, 3.05) is 8.61 Å². The number of alkyl halides is 6. The molecule has 0 atom stereocenters. The molecule has 156 valence electrons. The predicted molar refractivity (Wildman–Crippen MR) is 116 cm³/mol. The third-order valence-corrected chi connectivity index (χ3v) is 5.24. The third-order valence-electron chi connectivity index (χ3n) is 3.01. The first-order valence-corrected chi connectivity index (χ1v) is 10.5. The number of hydrogen-bond donors (Lipinski definition) is 0. The second kappa shape index (κ2) is 10.3. The highest BCUT2D eigenvalue weighted by molar-refractivity contribution is 8.05. The number of ether oxygens (including phenoxy) is 1. The summed E-state index contributed by atoms with van der Waals surface area (Å²) in [6, 6.07) is 12.1. The molecule has 0 saturated heterocycles. The molecule has 2 aromatic rings. The Bertz CT molecular complexity index is 765. The van der Waals surface area contributed by atoms with E-state index >= 15 is 0 Å². The quantitative estimate of drug-likeness (QED) is 0.195. The lowest BCUT2D eigenvalue weighted by atomic mass is 10.3. The summed E-state index contributed by atoms with van der Waals surface area (Å²) in [7, 11) is 0. The van der Waals surface area contributed by atoms with Crippen LogP contribution in [0.25, 0.3) is 0 Å². The molecular formula is C16H10Cl4F2N2O3S2. The first kappa shape index (κ1) is 24.2. The maximum Gasteiger partial charge on any atom is 0.324 e. The number of anilines is 2. The van der Waals surface area contributed by atoms with Gasteiger partial charge < -0.3 is 4.74 Å². The molecule has 13 heteroatoms. The molecule has 0 N–H and O–H groups in total. The van der Waals surface area contributed by atoms with Gasteiger partial charge in [-0.2, -0.15) is 8.78 Å². The van der Waals surface area contributed by atoms with E-state index < -0.39 is 7.84 Å². The Hall–Kier alpha value is -1.10. The highest BCUT2D eigenvalue weighted by Crippen LogP contribution is 2.41. The van der Waals surface area contributed by atoms with Gasteiger partial charge in [0, 0.05) is 23.9 Å². The summed E-state index contributed by atoms with van der Waals surface area (Å²) in [4.78, 5) is 22.2. The van der Waals surface area contributed by atoms with Crippen LogP contribution >= 0.6 is 70.3 Å². The summed E-state index contributed by atoms with van der Waals surface area (Å²) >= 11 is 21.6. The Morgan fingerprint density at radius 2 is 1.03 bits per heavy atom. The average Bonchev–Trinajstić information content (AvgIpc) is 2.64. The average molecular weight is 522 g/mol. The van der Waals surface area contributed by atoms with E-state index in [0.717, 1.165) is 8.61 Å². The lowest BCUT2D eigenvalue weighted by Crippen LogP contribution is -2.17. The van der Waals surface area contributed by atoms with Gasteiger partial charge in [0.1, 0.15) is 11.5 Å². The maximum absolute atomic E-state index is 13.3. The van der Waals surface area contributed by atoms with Crippen molar-refractivity contribution < 1.29 is 23.1 Å². The van der Waals surface area contributed by atoms with Crippen LogP contribution in [0.4, 0.5) is 20.2 Å². The van der Waals surface area contributed by atoms with Gasteiger partial charge in [0.15, 0.2) is 0 Å². The van der Waals surface area contributed by atoms with Gasteiger partial charge in [0.05, 0.1) is 11.4 Å². The molecule has 29 heavy (non-hydrogen) atoms. The van der Waals surface area contributed by atoms with Gasteiger partial charge in [0.25, 0.3) is 0 Å². The number of rotatable bonds is 10. The van der Waals surface area contributed by atoms with Crippen molar-refractivity contribution in [3.05, 3.63) is 48.5 Å². The van der Waals surface area contributed by atoms with Crippen molar-refractivity contribution in [2.45, 2.75) is 7.84 Å². The fourth-order valence-corrected chi connectivity index (χ4v) is 3.83. The van der Waals surface area contributed by atoms with Crippen LogP contribution < -0.4 is 13.3 Å². The summed E-state index contributed by atoms with van der Waals surface area (Å²) in [5.41, 5.74) is 0.651. The van der Waals surface area contributed by atoms with Crippen LogP contribution in [-0.4, -0.2) is 20.7 Å². The molecule has 0 radical (unpaired) electrons. The zero-order chi connectivity index (χ0) is 21.7. The molecule has 2 amide bonds. The van der Waals surface area contributed by atoms with Gasteiger partial charge in [0.2, 0.25) is 12.8 Å². The van der Waals surface area contributed by atoms with Gasteiger partial charge in [-0.25, -0.2) is 0 Å². The smallest absolute Gasteiger partial charge is 0.324 e. The van der Waals surface area contributed by atoms with Crippen molar-refractivity contribution in [1.82, 2.24) is 0 Å². The lowest BCUT2D eigenvalue weighted by Gasteiger charge is -2.20. The lowest BCUT2D eigenvalue weighted by molar-refractivity contribution is -0.107. The monoisotopic (exact) mass is 520 g/mol. The zero-order valence-electron chi connectivity index (χ0n) is 14.0. The number of hydrogen-bond acceptors (Lipinski definition) is 5. The number of nitrogens with zero attached hydrogens (tertiary/aromatic N) is 2. The Morgan fingerprint density at radius 3 is 1.28 bits per heavy atom. The van der Waals surface area contributed by atoms with E-state index in [1.165, 1.54) is 48.5 Å². The molecule has 2 aromatic carbocycles. The van der Waals surface area contributed by atoms with Crippen LogP contribution in [0.2, 0.25) is 0 Å². The van der Waals surface area contributed by atoms with Gasteiger partial charge in [-0.15, -0.1) is 0 Å². The molecule has 5 nitrogen and oxygen atoms in total. The zero-order valence-corrected chi connectivity index (χ0v) is 18.6. The minimum atomic E-state index is -2.67. The highest BCUT2D eigenvalue weighted by atomic mass is 35.5. The molecule has 0 heterocycles. The van der Waals surface area contributed by atoms with Crippen LogP contribution in [0.15, 0.2) is 48.5 Å². The molecule has 0 saturated carbocycles. The van der Waals surface area contributed by atoms with Crippen molar-refractivity contribution in [3.8, 4) is 11.5 Å². The summed E-state index contributed by atoms with van der Waals surface area (Å²) in [5.74, 6) is 0.818. The third kappa shape index (κ3) is 8.27. The molecule has 0 aliphatic carbocycles. The second-order valence-electron chi connectivity index (χ2n) is 5.03. The van der Waals surface area contributed by atoms with E-state index in [4.69, 9.17) is 51.1 Å². The van der Waals surface area contributed by atoms with Crippen LogP contribution in [0, 0.1) is 0 Å². The Kier molecular flexibility index (Phi) is 8.57. The summed E-state index contributed by atoms with van der Waals surface area (Å²) in [5, 5.41) is 0. The number of carbonyl (C=O) groups excluding carboxylic acids is 2. The van der Waals surface area contributed by atoms with E-state index in [9.17, 15) is 18.4 Å². The van der Waals surface area contributed by atoms with Crippen LogP contribution in [0.5, 0.6) is 11.5 Å². The van der Waals surface area contributed by atoms with E-state index in [1.807, 2.05) is 0 Å². The van der Waals surface area contributed by atoms with Crippen LogP contribution in [-0.2, 0) is 9.59 Å². The summed E-state index contributed by atoms with van der Waals surface area (Å²) in [6.45, 7) is 0. The van der Waals surface area contributed by atoms with Crippen molar-refractivity contribution >= 4 is 94.5 Å². The first-order chi connectivity index (χ1) is 13.5. The van der Waals surface area contributed by atoms with E-state index in [-0.39, 0.29) is 23.9 Å². The van der Waals surface area contributed by atoms with Gasteiger partial charge in [-0.3, -0.25) is 18.2 Å². The van der Waals surface area contributed by atoms with E-state index in [2.05, 4.69) is 0 Å². The molecule has 0 unspecified atom stereocenters. The largest absolute Gasteiger partial charge is 0.457 e. The van der Waals surface area contributed by atoms with E-state index in [1.54, 1.807) is 0 Å². The maximum atomic E-state index is 13.3. The minimum Gasteiger partial charge on any atom is -0.457 e. The van der Waals surface area contributed by atoms with E-state index in [0.29, 0.717) is 35.7 Å². The van der Waals surface area contributed by atoms with Gasteiger partial charge >= 0.3 is 7.84 Å². The van der Waals surface area contributed by atoms with Crippen molar-refractivity contribution in [2.24, 2.45) is 0 Å². The Labute approximate surface area is 193 Å². The summed E-state index contributed by atoms with van der Waals surface area (Å²) < 4.78 is 28.7. The topological polar surface area (TPSA) is 49.9 Å². The molecule has 0 aliphatic rings. The van der Waals surface area contributed by atoms with Crippen molar-refractivity contribution in [3.63, 3.8) is 0 Å². The molecule has 0 aliphatic heterocycles. The highest BCUT2D eigenvalue weighted by Gasteiger charge is 2.29. The number of halogens is 6. The number of carbonyl (C=O) groups is 2. The SMILES string of the molecule is O=CN(SC(F)(Cl)Cl)c1ccc(Oc2ccc(N(C=O)SC(F)(Cl)Cl)cc2)cc1. The molecule has 2 rings (SSSR count). The minimum absolute atomic E-state index is 0.283. The molecular weight excluding hydrogens is 512 g/mol. The molecule has 0 aromatic heterocycles. The summed E-state index contributed by atoms with van der Waals surface area (Å²) in [6.07, 6.45) is 0.728. The first-order valence-electron chi connectivity index (χ1n) is 7.39. The fraction of sp³-hybridized carbons (Fsp3) is 0.125. The predicted octanol–water partition coefficient (Wildman–Crippen LogP) is 6.82. The normalized spacial score (nSPS) is 11.7. The Balaban J connectivity index is 2.06. The van der Waals surface area contributed by atoms with Crippen LogP contribution in [0.3, 0.4) is 0 Å². The fourth-order valence-electron chi connectivity index (χ4n) is 1.95. The Morgan fingerprint density at radius 1 is 0.724 bits per heavy atom. The molecule has 0 bridgehead atoms. The van der Waals surface area contributed by atoms with Crippen molar-refractivity contribution in [1.29, 1.82) is 0 Å². The molecule has 0 spiro atoms. The number of benzene rings is 2. The standard InChI is InChI=1S/C16H10Cl4F2N2O3S2/c17-15(18,21)28-23(9-25)11-1-5-13(6-2-11)27-14-7-3-12(4-8-14)24(10-26)29-16(19,20)22/h1-10H. The van der Waals surface area contributed by atoms with Gasteiger partial charge in [-0.1, -0.05) is 46.4 Å². The molecule has 0 fully saturated rings. The second-order valence-corrected chi connectivity index (χ2v) is 10.7. The van der Waals surface area contributed by atoms with Gasteiger partial charge in [-0.05, 0) is 48.5 Å². The van der Waals surface area contributed by atoms with Crippen LogP contribution in [0.1, 0.15) is 0 Å². The number of amides is 2.